The lowest BCUT2D eigenvalue weighted by atomic mass is 10.1. The fourth-order valence-electron chi connectivity index (χ4n) is 1.70. The standard InChI is InChI=1S/C14H16ClNS/c1-2-6-16-9-12-4-3-11(8-14(12)15)13-5-7-17-10-13/h3-5,7-8,10,16H,2,6,9H2,1H3. The van der Waals surface area contributed by atoms with Crippen LogP contribution in [-0.4, -0.2) is 6.54 Å². The smallest absolute Gasteiger partial charge is 0.0457 e. The molecule has 2 rings (SSSR count). The van der Waals surface area contributed by atoms with Gasteiger partial charge in [0.15, 0.2) is 0 Å². The van der Waals surface area contributed by atoms with E-state index >= 15 is 0 Å². The first kappa shape index (κ1) is 12.6. The Morgan fingerprint density at radius 3 is 2.76 bits per heavy atom. The molecule has 2 aromatic rings. The molecular weight excluding hydrogens is 250 g/mol. The highest BCUT2D eigenvalue weighted by atomic mass is 35.5. The topological polar surface area (TPSA) is 12.0 Å². The summed E-state index contributed by atoms with van der Waals surface area (Å²) in [7, 11) is 0. The van der Waals surface area contributed by atoms with Gasteiger partial charge in [-0.2, -0.15) is 11.3 Å². The van der Waals surface area contributed by atoms with E-state index in [9.17, 15) is 0 Å². The largest absolute Gasteiger partial charge is 0.313 e. The van der Waals surface area contributed by atoms with E-state index in [0.29, 0.717) is 0 Å². The molecule has 0 radical (unpaired) electrons. The van der Waals surface area contributed by atoms with Crippen molar-refractivity contribution >= 4 is 22.9 Å². The summed E-state index contributed by atoms with van der Waals surface area (Å²) < 4.78 is 0. The van der Waals surface area contributed by atoms with Crippen molar-refractivity contribution in [2.24, 2.45) is 0 Å². The zero-order valence-electron chi connectivity index (χ0n) is 9.87. The molecule has 0 aliphatic heterocycles. The van der Waals surface area contributed by atoms with Crippen LogP contribution < -0.4 is 5.32 Å². The molecule has 0 bridgehead atoms. The molecule has 0 spiro atoms. The molecule has 0 amide bonds. The van der Waals surface area contributed by atoms with Crippen LogP contribution in [0.2, 0.25) is 5.02 Å². The normalized spacial score (nSPS) is 10.7. The maximum absolute atomic E-state index is 6.29. The molecule has 1 aromatic carbocycles. The molecule has 1 aromatic heterocycles. The number of hydrogen-bond donors (Lipinski definition) is 1. The third-order valence-electron chi connectivity index (χ3n) is 2.65. The van der Waals surface area contributed by atoms with Crippen LogP contribution >= 0.6 is 22.9 Å². The molecule has 1 heterocycles. The van der Waals surface area contributed by atoms with Crippen LogP contribution in [0.15, 0.2) is 35.0 Å². The van der Waals surface area contributed by atoms with E-state index < -0.39 is 0 Å². The molecule has 17 heavy (non-hydrogen) atoms. The minimum atomic E-state index is 0.844. The highest BCUT2D eigenvalue weighted by molar-refractivity contribution is 7.08. The first-order valence-electron chi connectivity index (χ1n) is 5.83. The Morgan fingerprint density at radius 1 is 1.24 bits per heavy atom. The number of thiophene rings is 1. The number of benzene rings is 1. The van der Waals surface area contributed by atoms with Gasteiger partial charge in [0, 0.05) is 11.6 Å². The van der Waals surface area contributed by atoms with E-state index in [1.165, 1.54) is 16.7 Å². The molecule has 0 aliphatic carbocycles. The molecule has 90 valence electrons. The monoisotopic (exact) mass is 265 g/mol. The third-order valence-corrected chi connectivity index (χ3v) is 3.68. The molecule has 0 saturated carbocycles. The predicted molar refractivity (Wildman–Crippen MR) is 76.8 cm³/mol. The van der Waals surface area contributed by atoms with Crippen LogP contribution in [0.25, 0.3) is 11.1 Å². The molecule has 0 saturated heterocycles. The van der Waals surface area contributed by atoms with Gasteiger partial charge in [0.05, 0.1) is 0 Å². The lowest BCUT2D eigenvalue weighted by molar-refractivity contribution is 0.675. The molecule has 1 nitrogen and oxygen atoms in total. The summed E-state index contributed by atoms with van der Waals surface area (Å²) in [4.78, 5) is 0. The van der Waals surface area contributed by atoms with Crippen LogP contribution in [0.4, 0.5) is 0 Å². The van der Waals surface area contributed by atoms with Crippen LogP contribution in [-0.2, 0) is 6.54 Å². The van der Waals surface area contributed by atoms with Gasteiger partial charge in [0.25, 0.3) is 0 Å². The average Bonchev–Trinajstić information content (AvgIpc) is 2.85. The molecule has 0 unspecified atom stereocenters. The van der Waals surface area contributed by atoms with Gasteiger partial charge in [0.1, 0.15) is 0 Å². The van der Waals surface area contributed by atoms with E-state index in [0.717, 1.165) is 24.5 Å². The van der Waals surface area contributed by atoms with Crippen molar-refractivity contribution in [1.29, 1.82) is 0 Å². The Morgan fingerprint density at radius 2 is 2.12 bits per heavy atom. The second-order valence-corrected chi connectivity index (χ2v) is 5.18. The first-order chi connectivity index (χ1) is 8.31. The number of hydrogen-bond acceptors (Lipinski definition) is 2. The van der Waals surface area contributed by atoms with Crippen molar-refractivity contribution in [3.05, 3.63) is 45.6 Å². The molecule has 0 fully saturated rings. The van der Waals surface area contributed by atoms with E-state index in [1.54, 1.807) is 11.3 Å². The fraction of sp³-hybridized carbons (Fsp3) is 0.286. The maximum Gasteiger partial charge on any atom is 0.0457 e. The van der Waals surface area contributed by atoms with Crippen molar-refractivity contribution < 1.29 is 0 Å². The predicted octanol–water partition coefficient (Wildman–Crippen LogP) is 4.57. The summed E-state index contributed by atoms with van der Waals surface area (Å²) in [6.07, 6.45) is 1.14. The average molecular weight is 266 g/mol. The maximum atomic E-state index is 6.29. The van der Waals surface area contributed by atoms with Gasteiger partial charge in [0.2, 0.25) is 0 Å². The van der Waals surface area contributed by atoms with Gasteiger partial charge in [-0.1, -0.05) is 30.7 Å². The van der Waals surface area contributed by atoms with Gasteiger partial charge in [-0.3, -0.25) is 0 Å². The first-order valence-corrected chi connectivity index (χ1v) is 7.15. The van der Waals surface area contributed by atoms with Crippen LogP contribution in [0.5, 0.6) is 0 Å². The summed E-state index contributed by atoms with van der Waals surface area (Å²) in [5.41, 5.74) is 3.60. The number of rotatable bonds is 5. The van der Waals surface area contributed by atoms with Crippen molar-refractivity contribution in [3.63, 3.8) is 0 Å². The number of nitrogens with one attached hydrogen (secondary N) is 1. The van der Waals surface area contributed by atoms with Crippen LogP contribution in [0, 0.1) is 0 Å². The summed E-state index contributed by atoms with van der Waals surface area (Å²) in [6.45, 7) is 4.04. The lowest BCUT2D eigenvalue weighted by Gasteiger charge is -2.07. The molecule has 0 aliphatic rings. The van der Waals surface area contributed by atoms with E-state index in [4.69, 9.17) is 11.6 Å². The summed E-state index contributed by atoms with van der Waals surface area (Å²) in [6, 6.07) is 8.41. The minimum Gasteiger partial charge on any atom is -0.313 e. The van der Waals surface area contributed by atoms with Crippen molar-refractivity contribution in [1.82, 2.24) is 5.32 Å². The second kappa shape index (κ2) is 6.20. The summed E-state index contributed by atoms with van der Waals surface area (Å²) >= 11 is 7.99. The quantitative estimate of drug-likeness (QED) is 0.781. The number of halogens is 1. The Balaban J connectivity index is 2.12. The van der Waals surface area contributed by atoms with E-state index in [2.05, 4.69) is 41.2 Å². The minimum absolute atomic E-state index is 0.844. The summed E-state index contributed by atoms with van der Waals surface area (Å²) in [5.74, 6) is 0. The highest BCUT2D eigenvalue weighted by Crippen LogP contribution is 2.27. The Hall–Kier alpha value is -0.830. The Labute approximate surface area is 111 Å². The van der Waals surface area contributed by atoms with Gasteiger partial charge in [-0.25, -0.2) is 0 Å². The SMILES string of the molecule is CCCNCc1ccc(-c2ccsc2)cc1Cl. The zero-order chi connectivity index (χ0) is 12.1. The Kier molecular flexibility index (Phi) is 4.60. The van der Waals surface area contributed by atoms with Crippen molar-refractivity contribution in [2.75, 3.05) is 6.54 Å². The van der Waals surface area contributed by atoms with Crippen LogP contribution in [0.3, 0.4) is 0 Å². The molecule has 0 atom stereocenters. The van der Waals surface area contributed by atoms with Crippen molar-refractivity contribution in [3.8, 4) is 11.1 Å². The highest BCUT2D eigenvalue weighted by Gasteiger charge is 2.03. The van der Waals surface area contributed by atoms with Gasteiger partial charge >= 0.3 is 0 Å². The van der Waals surface area contributed by atoms with Crippen LogP contribution in [0.1, 0.15) is 18.9 Å². The second-order valence-electron chi connectivity index (χ2n) is 3.99. The van der Waals surface area contributed by atoms with Gasteiger partial charge in [-0.15, -0.1) is 0 Å². The molecule has 1 N–H and O–H groups in total. The summed E-state index contributed by atoms with van der Waals surface area (Å²) in [5, 5.41) is 8.43. The molecular formula is C14H16ClNS. The van der Waals surface area contributed by atoms with Crippen molar-refractivity contribution in [2.45, 2.75) is 19.9 Å². The third kappa shape index (κ3) is 3.32. The molecule has 3 heteroatoms. The Bertz CT molecular complexity index is 465. The van der Waals surface area contributed by atoms with Gasteiger partial charge in [-0.05, 0) is 52.5 Å². The lowest BCUT2D eigenvalue weighted by Crippen LogP contribution is -2.13. The van der Waals surface area contributed by atoms with Gasteiger partial charge < -0.3 is 5.32 Å². The van der Waals surface area contributed by atoms with E-state index in [1.807, 2.05) is 6.07 Å². The zero-order valence-corrected chi connectivity index (χ0v) is 11.4. The van der Waals surface area contributed by atoms with E-state index in [-0.39, 0.29) is 0 Å². The fourth-order valence-corrected chi connectivity index (χ4v) is 2.61.